The molecule has 16 heavy (non-hydrogen) atoms. The Balaban J connectivity index is 2.53. The molecule has 1 aliphatic carbocycles. The fourth-order valence-electron chi connectivity index (χ4n) is 2.14. The quantitative estimate of drug-likeness (QED) is 0.780. The Morgan fingerprint density at radius 3 is 2.38 bits per heavy atom. The second kappa shape index (κ2) is 3.34. The molecular formula is C13H13NO2. The standard InChI is InChI=1S/C13H13NO2/c1-8-3-11(12(16)4-9(8)2)13(7-14)5-10(15)6-13/h3-4,16H,5-6H2,1-2H3. The average molecular weight is 215 g/mol. The summed E-state index contributed by atoms with van der Waals surface area (Å²) in [6, 6.07) is 5.65. The highest BCUT2D eigenvalue weighted by Crippen LogP contribution is 2.45. The van der Waals surface area contributed by atoms with Gasteiger partial charge in [-0.1, -0.05) is 6.07 Å². The number of rotatable bonds is 1. The Bertz CT molecular complexity index is 503. The Labute approximate surface area is 94.3 Å². The first-order valence-corrected chi connectivity index (χ1v) is 5.22. The van der Waals surface area contributed by atoms with Crippen molar-refractivity contribution in [2.45, 2.75) is 32.1 Å². The third kappa shape index (κ3) is 1.38. The van der Waals surface area contributed by atoms with E-state index < -0.39 is 5.41 Å². The predicted octanol–water partition coefficient (Wildman–Crippen LogP) is 2.13. The minimum absolute atomic E-state index is 0.0826. The summed E-state index contributed by atoms with van der Waals surface area (Å²) in [5.41, 5.74) is 1.82. The first kappa shape index (κ1) is 10.7. The molecular weight excluding hydrogens is 202 g/mol. The molecule has 0 bridgehead atoms. The van der Waals surface area contributed by atoms with Crippen molar-refractivity contribution in [2.24, 2.45) is 0 Å². The molecule has 0 aromatic heterocycles. The third-order valence-corrected chi connectivity index (χ3v) is 3.34. The molecule has 2 rings (SSSR count). The topological polar surface area (TPSA) is 61.1 Å². The lowest BCUT2D eigenvalue weighted by molar-refractivity contribution is -0.126. The number of hydrogen-bond donors (Lipinski definition) is 1. The molecule has 3 heteroatoms. The largest absolute Gasteiger partial charge is 0.508 e. The normalized spacial score (nSPS) is 17.7. The highest BCUT2D eigenvalue weighted by molar-refractivity contribution is 5.90. The Morgan fingerprint density at radius 1 is 1.31 bits per heavy atom. The van der Waals surface area contributed by atoms with Crippen LogP contribution in [0.1, 0.15) is 29.5 Å². The maximum atomic E-state index is 11.1. The molecule has 0 saturated heterocycles. The van der Waals surface area contributed by atoms with Gasteiger partial charge in [0.05, 0.1) is 11.5 Å². The van der Waals surface area contributed by atoms with Crippen molar-refractivity contribution in [2.75, 3.05) is 0 Å². The van der Waals surface area contributed by atoms with Gasteiger partial charge in [-0.15, -0.1) is 0 Å². The van der Waals surface area contributed by atoms with E-state index in [2.05, 4.69) is 6.07 Å². The summed E-state index contributed by atoms with van der Waals surface area (Å²) in [5.74, 6) is 0.205. The molecule has 82 valence electrons. The zero-order valence-electron chi connectivity index (χ0n) is 9.37. The van der Waals surface area contributed by atoms with E-state index in [1.807, 2.05) is 19.9 Å². The van der Waals surface area contributed by atoms with E-state index >= 15 is 0 Å². The molecule has 1 saturated carbocycles. The van der Waals surface area contributed by atoms with Gasteiger partial charge in [-0.3, -0.25) is 4.79 Å². The highest BCUT2D eigenvalue weighted by atomic mass is 16.3. The third-order valence-electron chi connectivity index (χ3n) is 3.34. The second-order valence-electron chi connectivity index (χ2n) is 4.54. The van der Waals surface area contributed by atoms with Gasteiger partial charge in [0.15, 0.2) is 0 Å². The Morgan fingerprint density at radius 2 is 1.88 bits per heavy atom. The molecule has 0 atom stereocenters. The van der Waals surface area contributed by atoms with E-state index in [1.54, 1.807) is 6.07 Å². The van der Waals surface area contributed by atoms with Crippen LogP contribution in [0.4, 0.5) is 0 Å². The molecule has 0 unspecified atom stereocenters. The number of aryl methyl sites for hydroxylation is 2. The van der Waals surface area contributed by atoms with Gasteiger partial charge >= 0.3 is 0 Å². The van der Waals surface area contributed by atoms with Crippen molar-refractivity contribution >= 4 is 5.78 Å². The molecule has 1 fully saturated rings. The predicted molar refractivity (Wildman–Crippen MR) is 59.1 cm³/mol. The van der Waals surface area contributed by atoms with E-state index in [0.717, 1.165) is 11.1 Å². The number of carbonyl (C=O) groups excluding carboxylic acids is 1. The minimum atomic E-state index is -0.792. The van der Waals surface area contributed by atoms with Gasteiger partial charge in [0.25, 0.3) is 0 Å². The monoisotopic (exact) mass is 215 g/mol. The van der Waals surface area contributed by atoms with Crippen LogP contribution in [0.5, 0.6) is 5.75 Å². The maximum Gasteiger partial charge on any atom is 0.136 e. The summed E-state index contributed by atoms with van der Waals surface area (Å²) >= 11 is 0. The van der Waals surface area contributed by atoms with Crippen LogP contribution in [0.3, 0.4) is 0 Å². The minimum Gasteiger partial charge on any atom is -0.508 e. The first-order valence-electron chi connectivity index (χ1n) is 5.22. The van der Waals surface area contributed by atoms with Crippen LogP contribution in [0.25, 0.3) is 0 Å². The summed E-state index contributed by atoms with van der Waals surface area (Å²) in [7, 11) is 0. The van der Waals surface area contributed by atoms with Gasteiger partial charge < -0.3 is 5.11 Å². The number of phenolic OH excluding ortho intramolecular Hbond substituents is 1. The van der Waals surface area contributed by atoms with Gasteiger partial charge in [0.2, 0.25) is 0 Å². The van der Waals surface area contributed by atoms with Crippen LogP contribution in [-0.4, -0.2) is 10.9 Å². The number of nitriles is 1. The Kier molecular flexibility index (Phi) is 2.23. The van der Waals surface area contributed by atoms with E-state index in [4.69, 9.17) is 0 Å². The summed E-state index contributed by atoms with van der Waals surface area (Å²) in [6.07, 6.45) is 0.444. The average Bonchev–Trinajstić information content (AvgIpc) is 2.19. The lowest BCUT2D eigenvalue weighted by Crippen LogP contribution is -2.40. The number of phenols is 1. The first-order chi connectivity index (χ1) is 7.48. The van der Waals surface area contributed by atoms with Crippen LogP contribution < -0.4 is 0 Å². The van der Waals surface area contributed by atoms with Crippen LogP contribution >= 0.6 is 0 Å². The van der Waals surface area contributed by atoms with E-state index in [9.17, 15) is 15.2 Å². The van der Waals surface area contributed by atoms with Gasteiger partial charge in [-0.2, -0.15) is 5.26 Å². The lowest BCUT2D eigenvalue weighted by Gasteiger charge is -2.34. The van der Waals surface area contributed by atoms with Crippen molar-refractivity contribution in [1.29, 1.82) is 5.26 Å². The van der Waals surface area contributed by atoms with Crippen molar-refractivity contribution in [3.05, 3.63) is 28.8 Å². The summed E-state index contributed by atoms with van der Waals surface area (Å²) in [5, 5.41) is 19.1. The molecule has 1 aliphatic rings. The van der Waals surface area contributed by atoms with Gasteiger partial charge in [0.1, 0.15) is 11.5 Å². The van der Waals surface area contributed by atoms with Gasteiger partial charge in [0, 0.05) is 18.4 Å². The summed E-state index contributed by atoms with van der Waals surface area (Å²) in [4.78, 5) is 11.1. The molecule has 3 nitrogen and oxygen atoms in total. The van der Waals surface area contributed by atoms with E-state index in [1.165, 1.54) is 0 Å². The molecule has 0 aliphatic heterocycles. The van der Waals surface area contributed by atoms with Crippen LogP contribution in [0, 0.1) is 25.2 Å². The van der Waals surface area contributed by atoms with Crippen molar-refractivity contribution in [1.82, 2.24) is 0 Å². The molecule has 0 radical (unpaired) electrons. The van der Waals surface area contributed by atoms with E-state index in [0.29, 0.717) is 5.56 Å². The van der Waals surface area contributed by atoms with Gasteiger partial charge in [-0.05, 0) is 31.0 Å². The maximum absolute atomic E-state index is 11.1. The number of carbonyl (C=O) groups is 1. The summed E-state index contributed by atoms with van der Waals surface area (Å²) < 4.78 is 0. The lowest BCUT2D eigenvalue weighted by atomic mass is 9.64. The fraction of sp³-hybridized carbons (Fsp3) is 0.385. The Hall–Kier alpha value is -1.82. The molecule has 0 heterocycles. The zero-order chi connectivity index (χ0) is 11.9. The van der Waals surface area contributed by atoms with Crippen molar-refractivity contribution < 1.29 is 9.90 Å². The molecule has 0 spiro atoms. The van der Waals surface area contributed by atoms with Crippen molar-refractivity contribution in [3.63, 3.8) is 0 Å². The molecule has 1 N–H and O–H groups in total. The zero-order valence-corrected chi connectivity index (χ0v) is 9.37. The smallest absolute Gasteiger partial charge is 0.136 e. The molecule has 0 amide bonds. The van der Waals surface area contributed by atoms with Crippen LogP contribution in [0.15, 0.2) is 12.1 Å². The summed E-state index contributed by atoms with van der Waals surface area (Å²) in [6.45, 7) is 3.84. The number of hydrogen-bond acceptors (Lipinski definition) is 3. The van der Waals surface area contributed by atoms with Crippen molar-refractivity contribution in [3.8, 4) is 11.8 Å². The van der Waals surface area contributed by atoms with Crippen LogP contribution in [0.2, 0.25) is 0 Å². The number of benzene rings is 1. The molecule has 1 aromatic carbocycles. The number of ketones is 1. The highest BCUT2D eigenvalue weighted by Gasteiger charge is 2.47. The number of aromatic hydroxyl groups is 1. The molecule has 1 aromatic rings. The second-order valence-corrected chi connectivity index (χ2v) is 4.54. The fourth-order valence-corrected chi connectivity index (χ4v) is 2.14. The SMILES string of the molecule is Cc1cc(O)c(C2(C#N)CC(=O)C2)cc1C. The van der Waals surface area contributed by atoms with Crippen LogP contribution in [-0.2, 0) is 10.2 Å². The van der Waals surface area contributed by atoms with E-state index in [-0.39, 0.29) is 24.4 Å². The van der Waals surface area contributed by atoms with Gasteiger partial charge in [-0.25, -0.2) is 0 Å². The number of Topliss-reactive ketones (excluding diaryl/α,β-unsaturated/α-hetero) is 1. The number of nitrogens with zero attached hydrogens (tertiary/aromatic N) is 1.